The highest BCUT2D eigenvalue weighted by Gasteiger charge is 2.36. The first-order valence-electron chi connectivity index (χ1n) is 7.22. The van der Waals surface area contributed by atoms with Crippen LogP contribution >= 0.6 is 0 Å². The maximum absolute atomic E-state index is 13.5. The summed E-state index contributed by atoms with van der Waals surface area (Å²) in [6.45, 7) is 4.48. The van der Waals surface area contributed by atoms with Gasteiger partial charge in [-0.2, -0.15) is 0 Å². The Hall–Kier alpha value is -1.60. The zero-order chi connectivity index (χ0) is 16.4. The Labute approximate surface area is 126 Å². The highest BCUT2D eigenvalue weighted by molar-refractivity contribution is 5.80. The largest absolute Gasteiger partial charge is 0.384 e. The van der Waals surface area contributed by atoms with Gasteiger partial charge in [0.05, 0.1) is 6.04 Å². The number of benzene rings is 1. The summed E-state index contributed by atoms with van der Waals surface area (Å²) in [6, 6.07) is 1.06. The molecule has 1 amide bonds. The second-order valence-electron chi connectivity index (χ2n) is 5.45. The molecule has 0 radical (unpaired) electrons. The van der Waals surface area contributed by atoms with Crippen LogP contribution in [-0.2, 0) is 4.79 Å². The standard InChI is InChI=1S/C15H19F3N2O2/c1-3-20-5-4-12(19-15(22)8(2)21)14(20)9-6-10(16)13(18)11(17)7-9/h6-8,12,14,21H,3-5H2,1-2H3,(H,19,22)/t8-,12+,14-/m1/s1. The average molecular weight is 316 g/mol. The van der Waals surface area contributed by atoms with Crippen LogP contribution in [0.2, 0.25) is 0 Å². The van der Waals surface area contributed by atoms with Gasteiger partial charge < -0.3 is 10.4 Å². The first-order valence-corrected chi connectivity index (χ1v) is 7.22. The summed E-state index contributed by atoms with van der Waals surface area (Å²) in [5.41, 5.74) is 0.270. The predicted octanol–water partition coefficient (Wildman–Crippen LogP) is 1.74. The monoisotopic (exact) mass is 316 g/mol. The SMILES string of the molecule is CCN1CC[C@H](NC(=O)[C@@H](C)O)[C@H]1c1cc(F)c(F)c(F)c1. The Balaban J connectivity index is 2.32. The lowest BCUT2D eigenvalue weighted by Gasteiger charge is -2.28. The van der Waals surface area contributed by atoms with Crippen LogP contribution in [0.3, 0.4) is 0 Å². The van der Waals surface area contributed by atoms with Crippen molar-refractivity contribution in [2.45, 2.75) is 38.5 Å². The second-order valence-corrected chi connectivity index (χ2v) is 5.45. The zero-order valence-electron chi connectivity index (χ0n) is 12.4. The van der Waals surface area contributed by atoms with E-state index >= 15 is 0 Å². The lowest BCUT2D eigenvalue weighted by molar-refractivity contribution is -0.129. The van der Waals surface area contributed by atoms with Gasteiger partial charge in [0.2, 0.25) is 5.91 Å². The third-order valence-electron chi connectivity index (χ3n) is 3.96. The molecule has 22 heavy (non-hydrogen) atoms. The smallest absolute Gasteiger partial charge is 0.248 e. The molecule has 4 nitrogen and oxygen atoms in total. The molecular weight excluding hydrogens is 297 g/mol. The number of nitrogens with zero attached hydrogens (tertiary/aromatic N) is 1. The van der Waals surface area contributed by atoms with E-state index in [2.05, 4.69) is 5.32 Å². The number of aliphatic hydroxyl groups excluding tert-OH is 1. The Bertz CT molecular complexity index is 543. The fourth-order valence-corrected chi connectivity index (χ4v) is 2.85. The van der Waals surface area contributed by atoms with Gasteiger partial charge in [-0.3, -0.25) is 9.69 Å². The van der Waals surface area contributed by atoms with Crippen LogP contribution in [-0.4, -0.2) is 41.1 Å². The predicted molar refractivity (Wildman–Crippen MR) is 74.5 cm³/mol. The van der Waals surface area contributed by atoms with E-state index in [0.29, 0.717) is 19.5 Å². The molecule has 1 fully saturated rings. The van der Waals surface area contributed by atoms with Crippen LogP contribution < -0.4 is 5.32 Å². The molecule has 1 aliphatic heterocycles. The van der Waals surface area contributed by atoms with E-state index in [-0.39, 0.29) is 5.56 Å². The summed E-state index contributed by atoms with van der Waals surface area (Å²) in [6.07, 6.45) is -0.588. The van der Waals surface area contributed by atoms with E-state index in [1.54, 1.807) is 0 Å². The van der Waals surface area contributed by atoms with Gasteiger partial charge in [-0.15, -0.1) is 0 Å². The molecule has 3 atom stereocenters. The van der Waals surface area contributed by atoms with E-state index < -0.39 is 41.5 Å². The van der Waals surface area contributed by atoms with Crippen molar-refractivity contribution in [2.75, 3.05) is 13.1 Å². The van der Waals surface area contributed by atoms with Crippen molar-refractivity contribution in [1.82, 2.24) is 10.2 Å². The third kappa shape index (κ3) is 3.25. The summed E-state index contributed by atoms with van der Waals surface area (Å²) >= 11 is 0. The molecule has 1 aliphatic rings. The number of carbonyl (C=O) groups excluding carboxylic acids is 1. The summed E-state index contributed by atoms with van der Waals surface area (Å²) in [4.78, 5) is 13.6. The van der Waals surface area contributed by atoms with Crippen molar-refractivity contribution < 1.29 is 23.1 Å². The molecule has 0 aliphatic carbocycles. The van der Waals surface area contributed by atoms with Crippen LogP contribution in [0.5, 0.6) is 0 Å². The number of amides is 1. The molecule has 0 saturated carbocycles. The van der Waals surface area contributed by atoms with Gasteiger partial charge >= 0.3 is 0 Å². The van der Waals surface area contributed by atoms with Crippen molar-refractivity contribution in [2.24, 2.45) is 0 Å². The number of aliphatic hydroxyl groups is 1. The van der Waals surface area contributed by atoms with Crippen LogP contribution in [0.25, 0.3) is 0 Å². The van der Waals surface area contributed by atoms with Crippen molar-refractivity contribution in [1.29, 1.82) is 0 Å². The fraction of sp³-hybridized carbons (Fsp3) is 0.533. The topological polar surface area (TPSA) is 52.6 Å². The van der Waals surface area contributed by atoms with Gasteiger partial charge in [0.25, 0.3) is 0 Å². The van der Waals surface area contributed by atoms with E-state index in [1.807, 2.05) is 11.8 Å². The quantitative estimate of drug-likeness (QED) is 0.832. The number of likely N-dealkylation sites (tertiary alicyclic amines) is 1. The zero-order valence-corrected chi connectivity index (χ0v) is 12.4. The minimum absolute atomic E-state index is 0.270. The molecular formula is C15H19F3N2O2. The van der Waals surface area contributed by atoms with E-state index in [0.717, 1.165) is 12.1 Å². The molecule has 0 aromatic heterocycles. The van der Waals surface area contributed by atoms with Crippen molar-refractivity contribution in [3.8, 4) is 0 Å². The van der Waals surface area contributed by atoms with Gasteiger partial charge in [-0.1, -0.05) is 6.92 Å². The Kier molecular flexibility index (Phi) is 5.08. The van der Waals surface area contributed by atoms with Crippen LogP contribution in [0.1, 0.15) is 31.9 Å². The number of hydrogen-bond donors (Lipinski definition) is 2. The lowest BCUT2D eigenvalue weighted by atomic mass is 9.99. The molecule has 2 N–H and O–H groups in total. The summed E-state index contributed by atoms with van der Waals surface area (Å²) in [5, 5.41) is 12.0. The number of hydrogen-bond acceptors (Lipinski definition) is 3. The maximum atomic E-state index is 13.5. The molecule has 0 unspecified atom stereocenters. The minimum Gasteiger partial charge on any atom is -0.384 e. The van der Waals surface area contributed by atoms with Gasteiger partial charge in [0.15, 0.2) is 17.5 Å². The normalized spacial score (nSPS) is 23.5. The summed E-state index contributed by atoms with van der Waals surface area (Å²) in [5.74, 6) is -4.55. The summed E-state index contributed by atoms with van der Waals surface area (Å²) in [7, 11) is 0. The van der Waals surface area contributed by atoms with E-state index in [9.17, 15) is 23.1 Å². The Morgan fingerprint density at radius 1 is 1.41 bits per heavy atom. The van der Waals surface area contributed by atoms with Gasteiger partial charge in [0.1, 0.15) is 6.10 Å². The highest BCUT2D eigenvalue weighted by Crippen LogP contribution is 2.33. The van der Waals surface area contributed by atoms with E-state index in [1.165, 1.54) is 6.92 Å². The fourth-order valence-electron chi connectivity index (χ4n) is 2.85. The average Bonchev–Trinajstić information content (AvgIpc) is 2.86. The number of carbonyl (C=O) groups is 1. The molecule has 2 rings (SSSR count). The minimum atomic E-state index is -1.51. The second kappa shape index (κ2) is 6.66. The van der Waals surface area contributed by atoms with Crippen LogP contribution in [0.4, 0.5) is 13.2 Å². The van der Waals surface area contributed by atoms with Crippen molar-refractivity contribution >= 4 is 5.91 Å². The van der Waals surface area contributed by atoms with Crippen LogP contribution in [0, 0.1) is 17.5 Å². The molecule has 0 bridgehead atoms. The van der Waals surface area contributed by atoms with Gasteiger partial charge in [0, 0.05) is 12.6 Å². The lowest BCUT2D eigenvalue weighted by Crippen LogP contribution is -2.43. The molecule has 0 spiro atoms. The maximum Gasteiger partial charge on any atom is 0.248 e. The van der Waals surface area contributed by atoms with Crippen molar-refractivity contribution in [3.05, 3.63) is 35.1 Å². The highest BCUT2D eigenvalue weighted by atomic mass is 19.2. The molecule has 7 heteroatoms. The summed E-state index contributed by atoms with van der Waals surface area (Å²) < 4.78 is 40.1. The van der Waals surface area contributed by atoms with E-state index in [4.69, 9.17) is 0 Å². The molecule has 1 heterocycles. The number of rotatable bonds is 4. The molecule has 122 valence electrons. The van der Waals surface area contributed by atoms with Gasteiger partial charge in [-0.05, 0) is 37.6 Å². The Morgan fingerprint density at radius 3 is 2.50 bits per heavy atom. The van der Waals surface area contributed by atoms with Crippen molar-refractivity contribution in [3.63, 3.8) is 0 Å². The number of nitrogens with one attached hydrogen (secondary N) is 1. The molecule has 1 saturated heterocycles. The first kappa shape index (κ1) is 16.8. The number of likely N-dealkylation sites (N-methyl/N-ethyl adjacent to an activating group) is 1. The molecule has 1 aromatic rings. The molecule has 1 aromatic carbocycles. The Morgan fingerprint density at radius 2 is 2.00 bits per heavy atom. The first-order chi connectivity index (χ1) is 10.3. The van der Waals surface area contributed by atoms with Gasteiger partial charge in [-0.25, -0.2) is 13.2 Å². The van der Waals surface area contributed by atoms with Crippen LogP contribution in [0.15, 0.2) is 12.1 Å². The number of halogens is 3. The third-order valence-corrected chi connectivity index (χ3v) is 3.96.